The standard InChI is InChI=1S/C14H19NO/c1-9(2)12-8-16-14(15-12)13-10(3)6-5-7-11(13)4/h5-7,9,12H,8H2,1-4H3. The maximum absolute atomic E-state index is 5.72. The lowest BCUT2D eigenvalue weighted by molar-refractivity contribution is 0.291. The van der Waals surface area contributed by atoms with Gasteiger partial charge < -0.3 is 4.74 Å². The average Bonchev–Trinajstić information content (AvgIpc) is 2.66. The van der Waals surface area contributed by atoms with Crippen molar-refractivity contribution in [1.29, 1.82) is 0 Å². The van der Waals surface area contributed by atoms with Crippen molar-refractivity contribution in [2.75, 3.05) is 6.61 Å². The highest BCUT2D eigenvalue weighted by Gasteiger charge is 2.24. The molecule has 0 saturated heterocycles. The molecule has 0 aromatic heterocycles. The lowest BCUT2D eigenvalue weighted by atomic mass is 10.0. The van der Waals surface area contributed by atoms with Crippen molar-refractivity contribution in [3.05, 3.63) is 34.9 Å². The molecule has 1 aliphatic heterocycles. The number of rotatable bonds is 2. The van der Waals surface area contributed by atoms with E-state index in [2.05, 4.69) is 50.9 Å². The number of hydrogen-bond donors (Lipinski definition) is 0. The molecule has 0 aliphatic carbocycles. The molecule has 0 fully saturated rings. The molecule has 0 radical (unpaired) electrons. The van der Waals surface area contributed by atoms with Gasteiger partial charge in [0.15, 0.2) is 0 Å². The maximum Gasteiger partial charge on any atom is 0.217 e. The van der Waals surface area contributed by atoms with E-state index in [4.69, 9.17) is 4.74 Å². The van der Waals surface area contributed by atoms with Crippen molar-refractivity contribution >= 4 is 5.90 Å². The Morgan fingerprint density at radius 1 is 1.25 bits per heavy atom. The van der Waals surface area contributed by atoms with E-state index < -0.39 is 0 Å². The van der Waals surface area contributed by atoms with Crippen LogP contribution in [0.1, 0.15) is 30.5 Å². The van der Waals surface area contributed by atoms with Gasteiger partial charge >= 0.3 is 0 Å². The van der Waals surface area contributed by atoms with Crippen molar-refractivity contribution in [2.45, 2.75) is 33.7 Å². The normalized spacial score (nSPS) is 19.8. The molecule has 2 rings (SSSR count). The zero-order chi connectivity index (χ0) is 11.7. The van der Waals surface area contributed by atoms with Crippen LogP contribution in [-0.2, 0) is 4.74 Å². The van der Waals surface area contributed by atoms with Crippen molar-refractivity contribution in [2.24, 2.45) is 10.9 Å². The zero-order valence-electron chi connectivity index (χ0n) is 10.4. The van der Waals surface area contributed by atoms with E-state index in [0.717, 1.165) is 12.5 Å². The first-order valence-electron chi connectivity index (χ1n) is 5.86. The van der Waals surface area contributed by atoms with E-state index in [1.54, 1.807) is 0 Å². The van der Waals surface area contributed by atoms with E-state index >= 15 is 0 Å². The van der Waals surface area contributed by atoms with Crippen molar-refractivity contribution < 1.29 is 4.74 Å². The lowest BCUT2D eigenvalue weighted by Crippen LogP contribution is -2.13. The monoisotopic (exact) mass is 217 g/mol. The molecule has 1 aromatic carbocycles. The van der Waals surface area contributed by atoms with Gasteiger partial charge in [-0.2, -0.15) is 0 Å². The summed E-state index contributed by atoms with van der Waals surface area (Å²) in [6.45, 7) is 9.31. The Morgan fingerprint density at radius 2 is 1.88 bits per heavy atom. The molecule has 0 saturated carbocycles. The van der Waals surface area contributed by atoms with E-state index in [1.165, 1.54) is 16.7 Å². The van der Waals surface area contributed by atoms with Gasteiger partial charge in [0.2, 0.25) is 5.90 Å². The van der Waals surface area contributed by atoms with Crippen LogP contribution in [0.5, 0.6) is 0 Å². The highest BCUT2D eigenvalue weighted by molar-refractivity contribution is 5.97. The number of nitrogens with zero attached hydrogens (tertiary/aromatic N) is 1. The Morgan fingerprint density at radius 3 is 2.38 bits per heavy atom. The third-order valence-electron chi connectivity index (χ3n) is 3.14. The Balaban J connectivity index is 2.36. The fourth-order valence-corrected chi connectivity index (χ4v) is 2.02. The lowest BCUT2D eigenvalue weighted by Gasteiger charge is -2.08. The fraction of sp³-hybridized carbons (Fsp3) is 0.500. The van der Waals surface area contributed by atoms with Crippen LogP contribution in [0, 0.1) is 19.8 Å². The molecular formula is C14H19NO. The van der Waals surface area contributed by atoms with Gasteiger partial charge in [-0.15, -0.1) is 0 Å². The maximum atomic E-state index is 5.72. The van der Waals surface area contributed by atoms with Gasteiger partial charge in [0.05, 0.1) is 6.04 Å². The number of aliphatic imine (C=N–C) groups is 1. The zero-order valence-corrected chi connectivity index (χ0v) is 10.4. The van der Waals surface area contributed by atoms with Gasteiger partial charge in [-0.3, -0.25) is 0 Å². The third-order valence-corrected chi connectivity index (χ3v) is 3.14. The Kier molecular flexibility index (Phi) is 2.99. The van der Waals surface area contributed by atoms with E-state index in [-0.39, 0.29) is 0 Å². The molecule has 16 heavy (non-hydrogen) atoms. The summed E-state index contributed by atoms with van der Waals surface area (Å²) < 4.78 is 5.72. The minimum Gasteiger partial charge on any atom is -0.475 e. The quantitative estimate of drug-likeness (QED) is 0.746. The summed E-state index contributed by atoms with van der Waals surface area (Å²) in [7, 11) is 0. The van der Waals surface area contributed by atoms with E-state index in [9.17, 15) is 0 Å². The third kappa shape index (κ3) is 1.97. The summed E-state index contributed by atoms with van der Waals surface area (Å²) >= 11 is 0. The van der Waals surface area contributed by atoms with Crippen molar-refractivity contribution in [3.63, 3.8) is 0 Å². The molecular weight excluding hydrogens is 198 g/mol. The van der Waals surface area contributed by atoms with E-state index in [1.807, 2.05) is 0 Å². The summed E-state index contributed by atoms with van der Waals surface area (Å²) in [4.78, 5) is 4.67. The second-order valence-corrected chi connectivity index (χ2v) is 4.82. The van der Waals surface area contributed by atoms with Crippen LogP contribution in [-0.4, -0.2) is 18.5 Å². The van der Waals surface area contributed by atoms with Crippen LogP contribution in [0.4, 0.5) is 0 Å². The Bertz CT molecular complexity index is 400. The number of ether oxygens (including phenoxy) is 1. The first kappa shape index (κ1) is 11.2. The van der Waals surface area contributed by atoms with Crippen LogP contribution in [0.15, 0.2) is 23.2 Å². The topological polar surface area (TPSA) is 21.6 Å². The molecule has 2 nitrogen and oxygen atoms in total. The first-order valence-corrected chi connectivity index (χ1v) is 5.86. The molecule has 86 valence electrons. The molecule has 2 heteroatoms. The van der Waals surface area contributed by atoms with Gasteiger partial charge in [0.1, 0.15) is 6.61 Å². The molecule has 1 aliphatic rings. The minimum absolute atomic E-state index is 0.314. The Labute approximate surface area is 97.4 Å². The largest absolute Gasteiger partial charge is 0.475 e. The van der Waals surface area contributed by atoms with Crippen molar-refractivity contribution in [3.8, 4) is 0 Å². The minimum atomic E-state index is 0.314. The molecule has 1 unspecified atom stereocenters. The smallest absolute Gasteiger partial charge is 0.217 e. The molecule has 1 atom stereocenters. The van der Waals surface area contributed by atoms with Crippen LogP contribution in [0.3, 0.4) is 0 Å². The fourth-order valence-electron chi connectivity index (χ4n) is 2.02. The van der Waals surface area contributed by atoms with Gasteiger partial charge in [-0.05, 0) is 30.9 Å². The second kappa shape index (κ2) is 4.28. The summed E-state index contributed by atoms with van der Waals surface area (Å²) in [5.74, 6) is 1.37. The van der Waals surface area contributed by atoms with Crippen LogP contribution < -0.4 is 0 Å². The average molecular weight is 217 g/mol. The van der Waals surface area contributed by atoms with Gasteiger partial charge in [0.25, 0.3) is 0 Å². The molecule has 0 amide bonds. The SMILES string of the molecule is Cc1cccc(C)c1C1=NC(C(C)C)CO1. The predicted octanol–water partition coefficient (Wildman–Crippen LogP) is 3.10. The number of hydrogen-bond acceptors (Lipinski definition) is 2. The van der Waals surface area contributed by atoms with Crippen LogP contribution >= 0.6 is 0 Å². The van der Waals surface area contributed by atoms with E-state index in [0.29, 0.717) is 12.0 Å². The Hall–Kier alpha value is -1.31. The molecule has 0 N–H and O–H groups in total. The number of benzene rings is 1. The highest BCUT2D eigenvalue weighted by atomic mass is 16.5. The van der Waals surface area contributed by atoms with Gasteiger partial charge in [0, 0.05) is 5.56 Å². The highest BCUT2D eigenvalue weighted by Crippen LogP contribution is 2.21. The van der Waals surface area contributed by atoms with Crippen LogP contribution in [0.2, 0.25) is 0 Å². The summed E-state index contributed by atoms with van der Waals surface area (Å²) in [5.41, 5.74) is 3.65. The molecule has 1 aromatic rings. The number of aryl methyl sites for hydroxylation is 2. The molecule has 0 spiro atoms. The summed E-state index contributed by atoms with van der Waals surface area (Å²) in [6, 6.07) is 6.60. The first-order chi connectivity index (χ1) is 7.59. The second-order valence-electron chi connectivity index (χ2n) is 4.82. The van der Waals surface area contributed by atoms with Crippen LogP contribution in [0.25, 0.3) is 0 Å². The predicted molar refractivity (Wildman–Crippen MR) is 67.0 cm³/mol. The summed E-state index contributed by atoms with van der Waals surface area (Å²) in [5, 5.41) is 0. The summed E-state index contributed by atoms with van der Waals surface area (Å²) in [6.07, 6.45) is 0. The van der Waals surface area contributed by atoms with Crippen molar-refractivity contribution in [1.82, 2.24) is 0 Å². The van der Waals surface area contributed by atoms with Gasteiger partial charge in [-0.25, -0.2) is 4.99 Å². The molecule has 0 bridgehead atoms. The molecule has 1 heterocycles. The van der Waals surface area contributed by atoms with Gasteiger partial charge in [-0.1, -0.05) is 32.0 Å².